The number of fused-ring (bicyclic) bond motifs is 1. The van der Waals surface area contributed by atoms with E-state index in [1.54, 1.807) is 11.8 Å². The van der Waals surface area contributed by atoms with Gasteiger partial charge in [-0.3, -0.25) is 4.79 Å². The smallest absolute Gasteiger partial charge is 0.178 e. The zero-order chi connectivity index (χ0) is 17.2. The predicted molar refractivity (Wildman–Crippen MR) is 98.1 cm³/mol. The monoisotopic (exact) mass is 373 g/mol. The van der Waals surface area contributed by atoms with E-state index in [1.807, 2.05) is 18.2 Å². The van der Waals surface area contributed by atoms with Crippen LogP contribution in [0.25, 0.3) is 0 Å². The largest absolute Gasteiger partial charge is 0.361 e. The first kappa shape index (κ1) is 15.7. The molecule has 1 N–H and O–H groups in total. The van der Waals surface area contributed by atoms with E-state index in [-0.39, 0.29) is 17.5 Å². The molecule has 0 aromatic heterocycles. The number of nitrogens with one attached hydrogen (secondary N) is 1. The second-order valence-electron chi connectivity index (χ2n) is 7.10. The zero-order valence-corrected chi connectivity index (χ0v) is 15.4. The van der Waals surface area contributed by atoms with Crippen LogP contribution in [0.5, 0.6) is 0 Å². The number of sulfone groups is 1. The molecule has 0 radical (unpaired) electrons. The number of carbonyl (C=O) groups excluding carboxylic acids is 1. The molecular weight excluding hydrogens is 354 g/mol. The molecular formula is C19H19NO3S2. The van der Waals surface area contributed by atoms with Crippen molar-refractivity contribution in [2.45, 2.75) is 42.9 Å². The van der Waals surface area contributed by atoms with E-state index in [2.05, 4.69) is 5.32 Å². The fraction of sp³-hybridized carbons (Fsp3) is 0.421. The molecule has 0 amide bonds. The number of hydrogen-bond acceptors (Lipinski definition) is 5. The normalized spacial score (nSPS) is 27.0. The number of allylic oxidation sites excluding steroid dienone is 4. The quantitative estimate of drug-likeness (QED) is 0.820. The van der Waals surface area contributed by atoms with Gasteiger partial charge >= 0.3 is 0 Å². The maximum Gasteiger partial charge on any atom is 0.178 e. The topological polar surface area (TPSA) is 63.2 Å². The number of dihydropyridines is 1. The van der Waals surface area contributed by atoms with Crippen LogP contribution in [0.2, 0.25) is 0 Å². The van der Waals surface area contributed by atoms with Gasteiger partial charge in [-0.2, -0.15) is 0 Å². The van der Waals surface area contributed by atoms with Crippen molar-refractivity contribution in [3.8, 4) is 0 Å². The molecule has 0 saturated carbocycles. The Morgan fingerprint density at radius 1 is 1.08 bits per heavy atom. The van der Waals surface area contributed by atoms with Crippen LogP contribution in [-0.2, 0) is 21.1 Å². The zero-order valence-electron chi connectivity index (χ0n) is 13.8. The Labute approximate surface area is 151 Å². The molecule has 1 aromatic rings. The third-order valence-corrected chi connectivity index (χ3v) is 8.61. The number of carbonyl (C=O) groups is 1. The van der Waals surface area contributed by atoms with Gasteiger partial charge in [-0.05, 0) is 42.9 Å². The molecule has 0 spiro atoms. The van der Waals surface area contributed by atoms with Gasteiger partial charge in [0.15, 0.2) is 15.6 Å². The maximum atomic E-state index is 12.7. The number of ketones is 1. The molecule has 6 heteroatoms. The minimum absolute atomic E-state index is 0.0901. The van der Waals surface area contributed by atoms with E-state index in [9.17, 15) is 13.2 Å². The standard InChI is InChI=1S/C19H19NO3S2/c21-15-3-1-2-13-18(15)17(19-14(20-13)6-8-24-19)12-5-4-11-7-9-25(22,23)16(11)10-12/h4-5,10,17,20H,1-3,6-9H2. The van der Waals surface area contributed by atoms with Crippen LogP contribution in [0.1, 0.15) is 42.7 Å². The third-order valence-electron chi connectivity index (χ3n) is 5.62. The summed E-state index contributed by atoms with van der Waals surface area (Å²) in [5.41, 5.74) is 5.03. The molecule has 1 unspecified atom stereocenters. The van der Waals surface area contributed by atoms with Crippen molar-refractivity contribution in [1.29, 1.82) is 0 Å². The number of benzene rings is 1. The molecule has 1 atom stereocenters. The lowest BCUT2D eigenvalue weighted by molar-refractivity contribution is -0.116. The van der Waals surface area contributed by atoms with Crippen LogP contribution < -0.4 is 5.32 Å². The SMILES string of the molecule is O=C1CCCC2=C1C(c1ccc3c(c1)S(=O)(=O)CC3)C1=C(CCS1)N2. The van der Waals surface area contributed by atoms with Crippen molar-refractivity contribution in [3.63, 3.8) is 0 Å². The van der Waals surface area contributed by atoms with Gasteiger partial charge in [-0.15, -0.1) is 11.8 Å². The highest BCUT2D eigenvalue weighted by Gasteiger charge is 2.39. The van der Waals surface area contributed by atoms with Gasteiger partial charge in [0.1, 0.15) is 0 Å². The summed E-state index contributed by atoms with van der Waals surface area (Å²) in [5.74, 6) is 1.34. The van der Waals surface area contributed by atoms with Gasteiger partial charge in [-0.1, -0.05) is 12.1 Å². The van der Waals surface area contributed by atoms with Crippen LogP contribution in [0.3, 0.4) is 0 Å². The highest BCUT2D eigenvalue weighted by atomic mass is 32.2. The Hall–Kier alpha value is -1.53. The fourth-order valence-corrected chi connectivity index (χ4v) is 7.28. The molecule has 3 heterocycles. The first-order valence-electron chi connectivity index (χ1n) is 8.79. The van der Waals surface area contributed by atoms with Gasteiger partial charge in [-0.25, -0.2) is 8.42 Å². The van der Waals surface area contributed by atoms with Gasteiger partial charge in [0.2, 0.25) is 0 Å². The van der Waals surface area contributed by atoms with Crippen molar-refractivity contribution in [2.75, 3.05) is 11.5 Å². The molecule has 130 valence electrons. The molecule has 3 aliphatic heterocycles. The Bertz CT molecular complexity index is 972. The Morgan fingerprint density at radius 3 is 2.84 bits per heavy atom. The van der Waals surface area contributed by atoms with Crippen LogP contribution >= 0.6 is 11.8 Å². The number of hydrogen-bond donors (Lipinski definition) is 1. The van der Waals surface area contributed by atoms with E-state index in [4.69, 9.17) is 0 Å². The second kappa shape index (κ2) is 5.48. The van der Waals surface area contributed by atoms with Crippen LogP contribution in [0.4, 0.5) is 0 Å². The molecule has 1 aliphatic carbocycles. The van der Waals surface area contributed by atoms with Crippen molar-refractivity contribution >= 4 is 27.4 Å². The van der Waals surface area contributed by atoms with Gasteiger partial charge in [0.05, 0.1) is 10.6 Å². The first-order valence-corrected chi connectivity index (χ1v) is 11.4. The van der Waals surface area contributed by atoms with Crippen molar-refractivity contribution in [2.24, 2.45) is 0 Å². The fourth-order valence-electron chi connectivity index (χ4n) is 4.42. The highest BCUT2D eigenvalue weighted by Crippen LogP contribution is 2.50. The summed E-state index contributed by atoms with van der Waals surface area (Å²) < 4.78 is 24.7. The van der Waals surface area contributed by atoms with Crippen LogP contribution in [0.15, 0.2) is 45.0 Å². The average molecular weight is 373 g/mol. The molecule has 5 rings (SSSR count). The molecule has 25 heavy (non-hydrogen) atoms. The maximum absolute atomic E-state index is 12.7. The van der Waals surface area contributed by atoms with E-state index >= 15 is 0 Å². The van der Waals surface area contributed by atoms with E-state index in [1.165, 1.54) is 10.6 Å². The predicted octanol–water partition coefficient (Wildman–Crippen LogP) is 3.06. The summed E-state index contributed by atoms with van der Waals surface area (Å²) in [4.78, 5) is 14.4. The molecule has 4 aliphatic rings. The summed E-state index contributed by atoms with van der Waals surface area (Å²) >= 11 is 1.80. The van der Waals surface area contributed by atoms with Gasteiger partial charge < -0.3 is 5.32 Å². The van der Waals surface area contributed by atoms with E-state index in [0.717, 1.165) is 47.4 Å². The first-order chi connectivity index (χ1) is 12.0. The molecule has 0 saturated heterocycles. The minimum Gasteiger partial charge on any atom is -0.361 e. The third kappa shape index (κ3) is 2.34. The number of aryl methyl sites for hydroxylation is 1. The minimum atomic E-state index is -3.17. The van der Waals surface area contributed by atoms with Crippen molar-refractivity contribution in [1.82, 2.24) is 5.32 Å². The van der Waals surface area contributed by atoms with Crippen molar-refractivity contribution in [3.05, 3.63) is 51.2 Å². The second-order valence-corrected chi connectivity index (χ2v) is 10.3. The number of Topliss-reactive ketones (excluding diaryl/α,β-unsaturated/α-hetero) is 1. The molecule has 0 bridgehead atoms. The van der Waals surface area contributed by atoms with E-state index in [0.29, 0.717) is 17.7 Å². The Morgan fingerprint density at radius 2 is 1.96 bits per heavy atom. The van der Waals surface area contributed by atoms with Crippen LogP contribution in [-0.4, -0.2) is 25.7 Å². The highest BCUT2D eigenvalue weighted by molar-refractivity contribution is 8.03. The van der Waals surface area contributed by atoms with Crippen LogP contribution in [0, 0.1) is 0 Å². The average Bonchev–Trinajstić information content (AvgIpc) is 3.17. The number of rotatable bonds is 1. The summed E-state index contributed by atoms with van der Waals surface area (Å²) in [6.07, 6.45) is 3.98. The summed E-state index contributed by atoms with van der Waals surface area (Å²) in [7, 11) is -3.17. The van der Waals surface area contributed by atoms with E-state index < -0.39 is 9.84 Å². The lowest BCUT2D eigenvalue weighted by Gasteiger charge is -2.33. The lowest BCUT2D eigenvalue weighted by atomic mass is 9.79. The van der Waals surface area contributed by atoms with Crippen molar-refractivity contribution < 1.29 is 13.2 Å². The molecule has 4 nitrogen and oxygen atoms in total. The van der Waals surface area contributed by atoms with Gasteiger partial charge in [0, 0.05) is 40.0 Å². The summed E-state index contributed by atoms with van der Waals surface area (Å²) in [6, 6.07) is 5.82. The molecule has 0 fully saturated rings. The Kier molecular flexibility index (Phi) is 3.44. The lowest BCUT2D eigenvalue weighted by Crippen LogP contribution is -2.30. The summed E-state index contributed by atoms with van der Waals surface area (Å²) in [6.45, 7) is 0. The summed E-state index contributed by atoms with van der Waals surface area (Å²) in [5, 5.41) is 3.52. The van der Waals surface area contributed by atoms with Gasteiger partial charge in [0.25, 0.3) is 0 Å². The Balaban J connectivity index is 1.69. The molecule has 1 aromatic carbocycles. The number of thioether (sulfide) groups is 1.